The van der Waals surface area contributed by atoms with Gasteiger partial charge in [0.2, 0.25) is 0 Å². The van der Waals surface area contributed by atoms with Crippen molar-refractivity contribution < 1.29 is 0 Å². The Morgan fingerprint density at radius 3 is 2.32 bits per heavy atom. The van der Waals surface area contributed by atoms with Crippen molar-refractivity contribution in [2.45, 2.75) is 45.6 Å². The fourth-order valence-electron chi connectivity index (χ4n) is 3.05. The van der Waals surface area contributed by atoms with Crippen LogP contribution in [0.1, 0.15) is 43.7 Å². The third-order valence-electron chi connectivity index (χ3n) is 4.34. The van der Waals surface area contributed by atoms with Crippen LogP contribution in [0.4, 0.5) is 5.69 Å². The summed E-state index contributed by atoms with van der Waals surface area (Å²) in [6, 6.07) is 7.68. The van der Waals surface area contributed by atoms with Crippen molar-refractivity contribution in [3.63, 3.8) is 0 Å². The molecule has 1 aliphatic rings. The molecule has 0 saturated carbocycles. The molecule has 0 radical (unpaired) electrons. The topological polar surface area (TPSA) is 6.48 Å². The highest BCUT2D eigenvalue weighted by molar-refractivity contribution is 5.56. The number of aryl methyl sites for hydroxylation is 1. The summed E-state index contributed by atoms with van der Waals surface area (Å²) < 4.78 is 0. The van der Waals surface area contributed by atoms with Gasteiger partial charge in [-0.15, -0.1) is 0 Å². The van der Waals surface area contributed by atoms with E-state index in [1.54, 1.807) is 0 Å². The maximum Gasteiger partial charge on any atom is 0.0401 e. The Morgan fingerprint density at radius 1 is 1.16 bits per heavy atom. The molecule has 1 saturated heterocycles. The molecule has 1 aliphatic heterocycles. The van der Waals surface area contributed by atoms with Gasteiger partial charge in [-0.25, -0.2) is 0 Å². The summed E-state index contributed by atoms with van der Waals surface area (Å²) >= 11 is 0. The number of benzene rings is 1. The standard InChI is InChI=1S/C17H28N2/c1-13(2)16-12-14(3)6-7-17(16)19-10-8-15(9-11-19)18(4)5/h6-7,12-13,15H,8-11H2,1-5H3. The summed E-state index contributed by atoms with van der Waals surface area (Å²) in [6.07, 6.45) is 2.55. The zero-order valence-corrected chi connectivity index (χ0v) is 13.1. The lowest BCUT2D eigenvalue weighted by atomic mass is 9.96. The van der Waals surface area contributed by atoms with Gasteiger partial charge in [0.1, 0.15) is 0 Å². The molecule has 106 valence electrons. The smallest absolute Gasteiger partial charge is 0.0401 e. The van der Waals surface area contributed by atoms with Crippen LogP contribution in [0.15, 0.2) is 18.2 Å². The van der Waals surface area contributed by atoms with Crippen molar-refractivity contribution >= 4 is 5.69 Å². The molecule has 1 fully saturated rings. The highest BCUT2D eigenvalue weighted by Crippen LogP contribution is 2.31. The average Bonchev–Trinajstić information content (AvgIpc) is 2.38. The molecule has 0 bridgehead atoms. The zero-order chi connectivity index (χ0) is 14.0. The minimum absolute atomic E-state index is 0.599. The van der Waals surface area contributed by atoms with Gasteiger partial charge in [0.05, 0.1) is 0 Å². The van der Waals surface area contributed by atoms with E-state index in [1.807, 2.05) is 0 Å². The lowest BCUT2D eigenvalue weighted by Crippen LogP contribution is -2.42. The van der Waals surface area contributed by atoms with Crippen LogP contribution in [-0.4, -0.2) is 38.1 Å². The highest BCUT2D eigenvalue weighted by Gasteiger charge is 2.22. The number of anilines is 1. The second-order valence-electron chi connectivity index (χ2n) is 6.40. The molecule has 0 N–H and O–H groups in total. The largest absolute Gasteiger partial charge is 0.371 e. The number of hydrogen-bond acceptors (Lipinski definition) is 2. The van der Waals surface area contributed by atoms with Gasteiger partial charge in [-0.2, -0.15) is 0 Å². The van der Waals surface area contributed by atoms with Gasteiger partial charge < -0.3 is 9.80 Å². The number of nitrogens with zero attached hydrogens (tertiary/aromatic N) is 2. The summed E-state index contributed by atoms with van der Waals surface area (Å²) in [5, 5.41) is 0. The predicted molar refractivity (Wildman–Crippen MR) is 84.2 cm³/mol. The lowest BCUT2D eigenvalue weighted by Gasteiger charge is -2.37. The molecule has 0 aromatic heterocycles. The molecular formula is C17H28N2. The van der Waals surface area contributed by atoms with Gasteiger partial charge in [-0.05, 0) is 51.4 Å². The van der Waals surface area contributed by atoms with Crippen LogP contribution >= 0.6 is 0 Å². The first-order chi connectivity index (χ1) is 8.99. The maximum absolute atomic E-state index is 2.58. The van der Waals surface area contributed by atoms with Gasteiger partial charge in [-0.1, -0.05) is 31.5 Å². The fraction of sp³-hybridized carbons (Fsp3) is 0.647. The molecule has 0 unspecified atom stereocenters. The molecule has 0 amide bonds. The molecule has 1 heterocycles. The zero-order valence-electron chi connectivity index (χ0n) is 13.1. The molecular weight excluding hydrogens is 232 g/mol. The number of piperidine rings is 1. The van der Waals surface area contributed by atoms with Gasteiger partial charge in [0, 0.05) is 24.8 Å². The first kappa shape index (κ1) is 14.4. The first-order valence-corrected chi connectivity index (χ1v) is 7.51. The van der Waals surface area contributed by atoms with E-state index in [2.05, 4.69) is 62.9 Å². The van der Waals surface area contributed by atoms with Gasteiger partial charge >= 0.3 is 0 Å². The number of hydrogen-bond donors (Lipinski definition) is 0. The predicted octanol–water partition coefficient (Wildman–Crippen LogP) is 3.65. The van der Waals surface area contributed by atoms with Crippen molar-refractivity contribution in [2.24, 2.45) is 0 Å². The van der Waals surface area contributed by atoms with Gasteiger partial charge in [0.25, 0.3) is 0 Å². The lowest BCUT2D eigenvalue weighted by molar-refractivity contribution is 0.249. The van der Waals surface area contributed by atoms with E-state index in [0.717, 1.165) is 6.04 Å². The van der Waals surface area contributed by atoms with E-state index in [-0.39, 0.29) is 0 Å². The third kappa shape index (κ3) is 3.30. The summed E-state index contributed by atoms with van der Waals surface area (Å²) in [5.74, 6) is 0.599. The number of rotatable bonds is 3. The minimum atomic E-state index is 0.599. The van der Waals surface area contributed by atoms with Crippen LogP contribution in [0.2, 0.25) is 0 Å². The van der Waals surface area contributed by atoms with Gasteiger partial charge in [-0.3, -0.25) is 0 Å². The highest BCUT2D eigenvalue weighted by atomic mass is 15.2. The molecule has 1 aromatic rings. The van der Waals surface area contributed by atoms with Crippen LogP contribution < -0.4 is 4.90 Å². The van der Waals surface area contributed by atoms with Crippen LogP contribution in [0, 0.1) is 6.92 Å². The summed E-state index contributed by atoms with van der Waals surface area (Å²) in [6.45, 7) is 9.15. The van der Waals surface area contributed by atoms with Crippen LogP contribution in [0.5, 0.6) is 0 Å². The molecule has 0 aliphatic carbocycles. The third-order valence-corrected chi connectivity index (χ3v) is 4.34. The molecule has 2 nitrogen and oxygen atoms in total. The normalized spacial score (nSPS) is 17.5. The minimum Gasteiger partial charge on any atom is -0.371 e. The van der Waals surface area contributed by atoms with E-state index < -0.39 is 0 Å². The molecule has 0 spiro atoms. The quantitative estimate of drug-likeness (QED) is 0.818. The Labute approximate surface area is 118 Å². The average molecular weight is 260 g/mol. The molecule has 2 heteroatoms. The second kappa shape index (κ2) is 5.96. The molecule has 2 rings (SSSR count). The van der Waals surface area contributed by atoms with Crippen LogP contribution in [0.25, 0.3) is 0 Å². The Hall–Kier alpha value is -1.02. The molecule has 0 atom stereocenters. The Morgan fingerprint density at radius 2 is 1.79 bits per heavy atom. The van der Waals surface area contributed by atoms with E-state index in [9.17, 15) is 0 Å². The summed E-state index contributed by atoms with van der Waals surface area (Å²) in [5.41, 5.74) is 4.33. The van der Waals surface area contributed by atoms with Crippen LogP contribution in [-0.2, 0) is 0 Å². The second-order valence-corrected chi connectivity index (χ2v) is 6.40. The van der Waals surface area contributed by atoms with Gasteiger partial charge in [0.15, 0.2) is 0 Å². The van der Waals surface area contributed by atoms with Crippen molar-refractivity contribution in [3.8, 4) is 0 Å². The Balaban J connectivity index is 2.15. The molecule has 1 aromatic carbocycles. The van der Waals surface area contributed by atoms with E-state index >= 15 is 0 Å². The van der Waals surface area contributed by atoms with Crippen molar-refractivity contribution in [3.05, 3.63) is 29.3 Å². The Bertz CT molecular complexity index is 415. The van der Waals surface area contributed by atoms with E-state index in [4.69, 9.17) is 0 Å². The van der Waals surface area contributed by atoms with Crippen molar-refractivity contribution in [2.75, 3.05) is 32.1 Å². The first-order valence-electron chi connectivity index (χ1n) is 7.51. The summed E-state index contributed by atoms with van der Waals surface area (Å²) in [7, 11) is 4.40. The Kier molecular flexibility index (Phi) is 4.51. The van der Waals surface area contributed by atoms with Crippen molar-refractivity contribution in [1.29, 1.82) is 0 Å². The van der Waals surface area contributed by atoms with E-state index in [0.29, 0.717) is 5.92 Å². The van der Waals surface area contributed by atoms with Crippen molar-refractivity contribution in [1.82, 2.24) is 4.90 Å². The maximum atomic E-state index is 2.58. The van der Waals surface area contributed by atoms with Crippen LogP contribution in [0.3, 0.4) is 0 Å². The SMILES string of the molecule is Cc1ccc(N2CCC(N(C)C)CC2)c(C(C)C)c1. The summed E-state index contributed by atoms with van der Waals surface area (Å²) in [4.78, 5) is 4.95. The fourth-order valence-corrected chi connectivity index (χ4v) is 3.05. The van der Waals surface area contributed by atoms with E-state index in [1.165, 1.54) is 42.7 Å². The molecule has 19 heavy (non-hydrogen) atoms. The monoisotopic (exact) mass is 260 g/mol.